The molecule has 0 fully saturated rings. The zero-order valence-corrected chi connectivity index (χ0v) is 28.8. The minimum Gasteiger partial charge on any atom is -0.396 e. The summed E-state index contributed by atoms with van der Waals surface area (Å²) in [6.45, 7) is 8.30. The van der Waals surface area contributed by atoms with E-state index < -0.39 is 0 Å². The number of amides is 2. The zero-order valence-electron chi connectivity index (χ0n) is 24.1. The Kier molecular flexibility index (Phi) is 10.2. The summed E-state index contributed by atoms with van der Waals surface area (Å²) in [5.74, 6) is -0.00270. The molecule has 4 aliphatic heterocycles. The summed E-state index contributed by atoms with van der Waals surface area (Å²) >= 11 is 0. The Bertz CT molecular complexity index is 1380. The zero-order chi connectivity index (χ0) is 28.6. The molecule has 0 saturated carbocycles. The second-order valence-corrected chi connectivity index (χ2v) is 11.0. The van der Waals surface area contributed by atoms with Gasteiger partial charge in [0.05, 0.1) is 34.6 Å². The van der Waals surface area contributed by atoms with E-state index in [0.29, 0.717) is 24.0 Å². The molecule has 0 aliphatic carbocycles. The molecule has 4 aliphatic rings. The van der Waals surface area contributed by atoms with E-state index in [0.717, 1.165) is 57.6 Å². The van der Waals surface area contributed by atoms with Crippen LogP contribution in [0.25, 0.3) is 0 Å². The fourth-order valence-corrected chi connectivity index (χ4v) is 5.48. The van der Waals surface area contributed by atoms with Crippen LogP contribution in [0.5, 0.6) is 0 Å². The van der Waals surface area contributed by atoms with Crippen molar-refractivity contribution in [1.29, 1.82) is 0 Å². The van der Waals surface area contributed by atoms with Gasteiger partial charge in [0.1, 0.15) is 0 Å². The van der Waals surface area contributed by atoms with Gasteiger partial charge in [0.15, 0.2) is 0 Å². The number of carbonyl (C=O) groups is 2. The second kappa shape index (κ2) is 13.2. The number of hydrogen-bond donors (Lipinski definition) is 2. The molecule has 2 aromatic carbocycles. The molecule has 8 nitrogen and oxygen atoms in total. The van der Waals surface area contributed by atoms with Crippen molar-refractivity contribution in [2.75, 3.05) is 13.2 Å². The molecular weight excluding hydrogens is 731 g/mol. The van der Waals surface area contributed by atoms with Crippen molar-refractivity contribution < 1.29 is 63.9 Å². The number of fused-ring (bicyclic) bond motifs is 4. The van der Waals surface area contributed by atoms with E-state index in [-0.39, 0.29) is 81.2 Å². The van der Waals surface area contributed by atoms with Gasteiger partial charge in [-0.2, -0.15) is 0 Å². The number of aryl methyl sites for hydroxylation is 4. The van der Waals surface area contributed by atoms with Crippen LogP contribution in [0, 0.1) is 71.8 Å². The van der Waals surface area contributed by atoms with E-state index in [1.165, 1.54) is 0 Å². The molecule has 2 amide bonds. The number of aliphatic hydroxyl groups excluding tert-OH is 2. The van der Waals surface area contributed by atoms with Crippen LogP contribution in [-0.4, -0.2) is 69.6 Å². The number of aliphatic hydroxyl groups is 2. The molecule has 0 unspecified atom stereocenters. The van der Waals surface area contributed by atoms with E-state index in [2.05, 4.69) is 9.98 Å². The van der Waals surface area contributed by atoms with Crippen molar-refractivity contribution in [2.24, 2.45) is 9.98 Å². The van der Waals surface area contributed by atoms with Gasteiger partial charge in [-0.3, -0.25) is 19.6 Å². The van der Waals surface area contributed by atoms with E-state index in [1.54, 1.807) is 9.80 Å². The van der Waals surface area contributed by atoms with Crippen molar-refractivity contribution in [3.63, 3.8) is 0 Å². The molecule has 211 valence electrons. The molecule has 2 atom stereocenters. The molecule has 2 aromatic rings. The van der Waals surface area contributed by atoms with Crippen LogP contribution in [0.2, 0.25) is 0 Å². The Morgan fingerprint density at radius 2 is 1.05 bits per heavy atom. The van der Waals surface area contributed by atoms with Gasteiger partial charge in [0.2, 0.25) is 0 Å². The van der Waals surface area contributed by atoms with Gasteiger partial charge in [-0.25, -0.2) is 0 Å². The summed E-state index contributed by atoms with van der Waals surface area (Å²) in [5.41, 5.74) is 9.53. The summed E-state index contributed by atoms with van der Waals surface area (Å²) in [5, 5.41) is 18.1. The monoisotopic (exact) mass is 767 g/mol. The van der Waals surface area contributed by atoms with Gasteiger partial charge in [-0.05, 0) is 111 Å². The second-order valence-electron chi connectivity index (χ2n) is 11.0. The molecule has 0 bridgehead atoms. The Morgan fingerprint density at radius 3 is 1.41 bits per heavy atom. The Labute approximate surface area is 277 Å². The third-order valence-electron chi connectivity index (χ3n) is 8.09. The van der Waals surface area contributed by atoms with Crippen LogP contribution >= 0.6 is 0 Å². The van der Waals surface area contributed by atoms with Crippen molar-refractivity contribution in [2.45, 2.75) is 65.5 Å². The molecule has 9 heteroatoms. The number of aliphatic imine (C=N–C) groups is 2. The van der Waals surface area contributed by atoms with Crippen LogP contribution in [0.3, 0.4) is 0 Å². The van der Waals surface area contributed by atoms with Crippen LogP contribution in [-0.2, 0) is 0 Å². The fourth-order valence-electron chi connectivity index (χ4n) is 5.48. The molecule has 1 radical (unpaired) electrons. The maximum Gasteiger partial charge on any atom is 0.260 e. The number of rotatable bonds is 4. The standard InChI is InChI=1S/2C16H18N2O2.Ac/c2*1-10-5-14-15(6-11(10)2)17-8-13-7-12(3-4-19)9-18(13)16(14)20;/h2*5-6,8-9,13,19H,3-4,7H2,1-2H3;/t2*13-;/m00./s1. The Hall–Kier alpha value is -2.44. The fraction of sp³-hybridized carbons (Fsp3) is 0.375. The van der Waals surface area contributed by atoms with Crippen LogP contribution in [0.15, 0.2) is 57.8 Å². The molecule has 41 heavy (non-hydrogen) atoms. The van der Waals surface area contributed by atoms with E-state index in [9.17, 15) is 9.59 Å². The van der Waals surface area contributed by atoms with Crippen LogP contribution in [0.4, 0.5) is 11.4 Å². The number of nitrogens with zero attached hydrogens (tertiary/aromatic N) is 4. The van der Waals surface area contributed by atoms with Gasteiger partial charge >= 0.3 is 0 Å². The van der Waals surface area contributed by atoms with Crippen LogP contribution in [0.1, 0.15) is 68.7 Å². The minimum absolute atomic E-state index is 0. The van der Waals surface area contributed by atoms with Gasteiger partial charge in [0, 0.05) is 82.1 Å². The summed E-state index contributed by atoms with van der Waals surface area (Å²) in [7, 11) is 0. The molecule has 6 rings (SSSR count). The topological polar surface area (TPSA) is 106 Å². The van der Waals surface area contributed by atoms with Gasteiger partial charge in [0.25, 0.3) is 11.8 Å². The largest absolute Gasteiger partial charge is 0.396 e. The van der Waals surface area contributed by atoms with Gasteiger partial charge in [-0.15, -0.1) is 0 Å². The van der Waals surface area contributed by atoms with Crippen molar-refractivity contribution >= 4 is 35.6 Å². The van der Waals surface area contributed by atoms with Crippen molar-refractivity contribution in [1.82, 2.24) is 9.80 Å². The molecule has 4 heterocycles. The Balaban J connectivity index is 0.000000184. The number of benzene rings is 2. The number of carbonyl (C=O) groups excluding carboxylic acids is 2. The average Bonchev–Trinajstić information content (AvgIpc) is 3.47. The summed E-state index contributed by atoms with van der Waals surface area (Å²) in [6.07, 6.45) is 10.2. The smallest absolute Gasteiger partial charge is 0.260 e. The van der Waals surface area contributed by atoms with E-state index in [4.69, 9.17) is 10.2 Å². The maximum atomic E-state index is 12.7. The van der Waals surface area contributed by atoms with Crippen molar-refractivity contribution in [3.05, 3.63) is 81.2 Å². The predicted molar refractivity (Wildman–Crippen MR) is 157 cm³/mol. The first kappa shape index (κ1) is 31.5. The molecule has 0 aromatic heterocycles. The third-order valence-corrected chi connectivity index (χ3v) is 8.09. The van der Waals surface area contributed by atoms with Crippen molar-refractivity contribution in [3.8, 4) is 0 Å². The maximum absolute atomic E-state index is 12.7. The SMILES string of the molecule is Cc1cc2c(cc1C)C(=O)N1C=C(CCO)C[C@H]1C=N2.Cc1cc2c(cc1C)C(=O)N1C=C(CCO)C[C@H]1C=N2.[Ac]. The first-order valence-electron chi connectivity index (χ1n) is 13.8. The van der Waals surface area contributed by atoms with E-state index >= 15 is 0 Å². The number of hydrogen-bond acceptors (Lipinski definition) is 6. The molecule has 0 saturated heterocycles. The molecule has 2 N–H and O–H groups in total. The predicted octanol–water partition coefficient (Wildman–Crippen LogP) is 5.00. The average molecular weight is 768 g/mol. The quantitative estimate of drug-likeness (QED) is 0.457. The summed E-state index contributed by atoms with van der Waals surface area (Å²) in [6, 6.07) is 7.75. The molecular formula is C32H36AcN4O4. The first-order chi connectivity index (χ1) is 19.2. The van der Waals surface area contributed by atoms with Crippen LogP contribution < -0.4 is 0 Å². The third kappa shape index (κ3) is 6.49. The summed E-state index contributed by atoms with van der Waals surface area (Å²) < 4.78 is 0. The Morgan fingerprint density at radius 1 is 0.683 bits per heavy atom. The normalized spacial score (nSPS) is 20.0. The van der Waals surface area contributed by atoms with Gasteiger partial charge in [-0.1, -0.05) is 0 Å². The first-order valence-corrected chi connectivity index (χ1v) is 13.8. The molecule has 0 spiro atoms. The van der Waals surface area contributed by atoms with E-state index in [1.807, 2.05) is 76.8 Å². The summed E-state index contributed by atoms with van der Waals surface area (Å²) in [4.78, 5) is 37.8. The van der Waals surface area contributed by atoms with Gasteiger partial charge < -0.3 is 20.0 Å². The minimum atomic E-state index is -0.0166.